The highest BCUT2D eigenvalue weighted by molar-refractivity contribution is 9.10. The molecule has 2 heterocycles. The second-order valence-electron chi connectivity index (χ2n) is 6.11. The van der Waals surface area contributed by atoms with Crippen LogP contribution in [0.5, 0.6) is 0 Å². The first-order valence-corrected chi connectivity index (χ1v) is 9.40. The van der Waals surface area contributed by atoms with E-state index >= 15 is 0 Å². The van der Waals surface area contributed by atoms with Crippen molar-refractivity contribution in [1.29, 1.82) is 0 Å². The number of piperazine rings is 1. The van der Waals surface area contributed by atoms with Crippen LogP contribution in [0.1, 0.15) is 12.8 Å². The molecule has 0 unspecified atom stereocenters. The number of carbonyl (C=O) groups is 2. The Morgan fingerprint density at radius 1 is 1.04 bits per heavy atom. The number of anilines is 2. The van der Waals surface area contributed by atoms with E-state index in [9.17, 15) is 9.59 Å². The van der Waals surface area contributed by atoms with E-state index in [0.29, 0.717) is 13.1 Å². The average molecular weight is 417 g/mol. The van der Waals surface area contributed by atoms with Gasteiger partial charge < -0.3 is 15.1 Å². The van der Waals surface area contributed by atoms with Crippen LogP contribution in [0.3, 0.4) is 0 Å². The molecule has 0 bridgehead atoms. The van der Waals surface area contributed by atoms with Crippen LogP contribution in [0.15, 0.2) is 53.1 Å². The Hall–Kier alpha value is -2.41. The van der Waals surface area contributed by atoms with Gasteiger partial charge in [0.25, 0.3) is 0 Å². The van der Waals surface area contributed by atoms with E-state index in [1.807, 2.05) is 47.4 Å². The van der Waals surface area contributed by atoms with E-state index < -0.39 is 0 Å². The molecule has 6 nitrogen and oxygen atoms in total. The number of hydrogen-bond donors (Lipinski definition) is 1. The van der Waals surface area contributed by atoms with Crippen LogP contribution in [-0.4, -0.2) is 47.9 Å². The Kier molecular flexibility index (Phi) is 6.22. The van der Waals surface area contributed by atoms with Gasteiger partial charge in [0.1, 0.15) is 5.82 Å². The summed E-state index contributed by atoms with van der Waals surface area (Å²) in [7, 11) is 0. The van der Waals surface area contributed by atoms with Crippen LogP contribution in [0.2, 0.25) is 0 Å². The summed E-state index contributed by atoms with van der Waals surface area (Å²) in [6, 6.07) is 13.2. The maximum absolute atomic E-state index is 12.4. The molecule has 2 aromatic rings. The Morgan fingerprint density at radius 3 is 2.54 bits per heavy atom. The summed E-state index contributed by atoms with van der Waals surface area (Å²) in [4.78, 5) is 32.7. The van der Waals surface area contributed by atoms with Gasteiger partial charge in [-0.15, -0.1) is 0 Å². The third-order valence-corrected chi connectivity index (χ3v) is 4.77. The number of rotatable bonds is 5. The molecular formula is C19H21BrN4O2. The predicted molar refractivity (Wildman–Crippen MR) is 105 cm³/mol. The fourth-order valence-electron chi connectivity index (χ4n) is 2.89. The number of amides is 2. The molecule has 1 N–H and O–H groups in total. The van der Waals surface area contributed by atoms with Gasteiger partial charge in [0, 0.05) is 55.4 Å². The molecule has 0 atom stereocenters. The molecular weight excluding hydrogens is 396 g/mol. The van der Waals surface area contributed by atoms with Crippen molar-refractivity contribution in [2.75, 3.05) is 36.4 Å². The van der Waals surface area contributed by atoms with E-state index in [4.69, 9.17) is 0 Å². The number of pyridine rings is 1. The van der Waals surface area contributed by atoms with Crippen molar-refractivity contribution in [3.63, 3.8) is 0 Å². The molecule has 26 heavy (non-hydrogen) atoms. The smallest absolute Gasteiger partial charge is 0.224 e. The highest BCUT2D eigenvalue weighted by atomic mass is 79.9. The first-order valence-electron chi connectivity index (χ1n) is 8.61. The van der Waals surface area contributed by atoms with Gasteiger partial charge in [0.05, 0.1) is 0 Å². The summed E-state index contributed by atoms with van der Waals surface area (Å²) >= 11 is 3.37. The van der Waals surface area contributed by atoms with Crippen LogP contribution in [0, 0.1) is 0 Å². The highest BCUT2D eigenvalue weighted by Crippen LogP contribution is 2.16. The van der Waals surface area contributed by atoms with E-state index in [1.165, 1.54) is 0 Å². The van der Waals surface area contributed by atoms with E-state index in [1.54, 1.807) is 6.20 Å². The summed E-state index contributed by atoms with van der Waals surface area (Å²) in [5, 5.41) is 2.81. The van der Waals surface area contributed by atoms with Gasteiger partial charge in [0.2, 0.25) is 11.8 Å². The van der Waals surface area contributed by atoms with Crippen molar-refractivity contribution < 1.29 is 9.59 Å². The minimum absolute atomic E-state index is 0.0232. The molecule has 7 heteroatoms. The molecule has 1 aromatic heterocycles. The summed E-state index contributed by atoms with van der Waals surface area (Å²) < 4.78 is 0.900. The summed E-state index contributed by atoms with van der Waals surface area (Å²) in [6.45, 7) is 2.82. The third kappa shape index (κ3) is 5.05. The largest absolute Gasteiger partial charge is 0.353 e. The van der Waals surface area contributed by atoms with Crippen molar-refractivity contribution in [1.82, 2.24) is 9.88 Å². The predicted octanol–water partition coefficient (Wildman–Crippen LogP) is 2.91. The lowest BCUT2D eigenvalue weighted by atomic mass is 10.2. The lowest BCUT2D eigenvalue weighted by Crippen LogP contribution is -2.49. The van der Waals surface area contributed by atoms with Crippen molar-refractivity contribution in [3.05, 3.63) is 53.1 Å². The number of benzene rings is 1. The van der Waals surface area contributed by atoms with Crippen molar-refractivity contribution in [2.45, 2.75) is 12.8 Å². The summed E-state index contributed by atoms with van der Waals surface area (Å²) in [5.74, 6) is 0.812. The lowest BCUT2D eigenvalue weighted by molar-refractivity contribution is -0.133. The van der Waals surface area contributed by atoms with Gasteiger partial charge >= 0.3 is 0 Å². The van der Waals surface area contributed by atoms with Crippen molar-refractivity contribution in [2.24, 2.45) is 0 Å². The molecule has 0 radical (unpaired) electrons. The number of nitrogens with zero attached hydrogens (tertiary/aromatic N) is 3. The topological polar surface area (TPSA) is 65.5 Å². The zero-order valence-corrected chi connectivity index (χ0v) is 16.0. The molecule has 0 spiro atoms. The Labute approximate surface area is 161 Å². The normalized spacial score (nSPS) is 14.2. The zero-order chi connectivity index (χ0) is 18.4. The van der Waals surface area contributed by atoms with E-state index in [2.05, 4.69) is 31.1 Å². The van der Waals surface area contributed by atoms with Gasteiger partial charge in [0.15, 0.2) is 0 Å². The summed E-state index contributed by atoms with van der Waals surface area (Å²) in [6.07, 6.45) is 2.19. The Morgan fingerprint density at radius 2 is 1.85 bits per heavy atom. The maximum Gasteiger partial charge on any atom is 0.224 e. The molecule has 0 saturated carbocycles. The standard InChI is InChI=1S/C19H21BrN4O2/c20-15-4-3-5-16(14-15)22-18(25)7-8-19(26)24-12-10-23(11-13-24)17-6-1-2-9-21-17/h1-6,9,14H,7-8,10-13H2,(H,22,25). The second kappa shape index (κ2) is 8.80. The molecule has 2 amide bonds. The zero-order valence-electron chi connectivity index (χ0n) is 14.4. The van der Waals surface area contributed by atoms with Crippen molar-refractivity contribution >= 4 is 39.2 Å². The number of aromatic nitrogens is 1. The van der Waals surface area contributed by atoms with Gasteiger partial charge in [-0.2, -0.15) is 0 Å². The minimum Gasteiger partial charge on any atom is -0.353 e. The first kappa shape index (κ1) is 18.4. The monoisotopic (exact) mass is 416 g/mol. The van der Waals surface area contributed by atoms with Gasteiger partial charge in [-0.05, 0) is 30.3 Å². The Bertz CT molecular complexity index is 761. The van der Waals surface area contributed by atoms with E-state index in [-0.39, 0.29) is 24.7 Å². The van der Waals surface area contributed by atoms with E-state index in [0.717, 1.165) is 29.1 Å². The fourth-order valence-corrected chi connectivity index (χ4v) is 3.29. The molecule has 136 valence electrons. The van der Waals surface area contributed by atoms with Gasteiger partial charge in [-0.3, -0.25) is 9.59 Å². The average Bonchev–Trinajstić information content (AvgIpc) is 2.67. The molecule has 1 aliphatic rings. The summed E-state index contributed by atoms with van der Waals surface area (Å²) in [5.41, 5.74) is 0.723. The van der Waals surface area contributed by atoms with Crippen LogP contribution in [0.25, 0.3) is 0 Å². The number of carbonyl (C=O) groups excluding carboxylic acids is 2. The molecule has 0 aliphatic carbocycles. The Balaban J connectivity index is 1.42. The lowest BCUT2D eigenvalue weighted by Gasteiger charge is -2.35. The third-order valence-electron chi connectivity index (χ3n) is 4.28. The fraction of sp³-hybridized carbons (Fsp3) is 0.316. The molecule has 1 saturated heterocycles. The molecule has 1 aliphatic heterocycles. The number of halogens is 1. The minimum atomic E-state index is -0.149. The second-order valence-corrected chi connectivity index (χ2v) is 7.03. The van der Waals surface area contributed by atoms with Crippen molar-refractivity contribution in [3.8, 4) is 0 Å². The van der Waals surface area contributed by atoms with Gasteiger partial charge in [-0.1, -0.05) is 28.1 Å². The molecule has 1 fully saturated rings. The first-order chi connectivity index (χ1) is 12.6. The SMILES string of the molecule is O=C(CCC(=O)N1CCN(c2ccccn2)CC1)Nc1cccc(Br)c1. The van der Waals surface area contributed by atoms with Crippen LogP contribution in [0.4, 0.5) is 11.5 Å². The number of nitrogens with one attached hydrogen (secondary N) is 1. The molecule has 1 aromatic carbocycles. The molecule has 3 rings (SSSR count). The van der Waals surface area contributed by atoms with Crippen LogP contribution >= 0.6 is 15.9 Å². The highest BCUT2D eigenvalue weighted by Gasteiger charge is 2.22. The quantitative estimate of drug-likeness (QED) is 0.813. The maximum atomic E-state index is 12.4. The number of hydrogen-bond acceptors (Lipinski definition) is 4. The van der Waals surface area contributed by atoms with Crippen LogP contribution in [-0.2, 0) is 9.59 Å². The van der Waals surface area contributed by atoms with Crippen LogP contribution < -0.4 is 10.2 Å². The van der Waals surface area contributed by atoms with Gasteiger partial charge in [-0.25, -0.2) is 4.98 Å².